The van der Waals surface area contributed by atoms with Gasteiger partial charge in [0.1, 0.15) is 17.2 Å². The molecule has 31 heavy (non-hydrogen) atoms. The third kappa shape index (κ3) is 4.65. The van der Waals surface area contributed by atoms with Crippen LogP contribution in [0.25, 0.3) is 21.9 Å². The number of carbonyl (C=O) groups excluding carboxylic acids is 1. The van der Waals surface area contributed by atoms with Crippen molar-refractivity contribution < 1.29 is 23.5 Å². The van der Waals surface area contributed by atoms with Crippen LogP contribution in [0.2, 0.25) is 0 Å². The smallest absolute Gasteiger partial charge is 0.340 e. The minimum absolute atomic E-state index is 0.100. The van der Waals surface area contributed by atoms with E-state index in [0.717, 1.165) is 16.3 Å². The summed E-state index contributed by atoms with van der Waals surface area (Å²) in [5.41, 5.74) is 2.16. The van der Waals surface area contributed by atoms with Gasteiger partial charge in [-0.3, -0.25) is 4.79 Å². The number of hydrogen-bond acceptors (Lipinski definition) is 5. The lowest BCUT2D eigenvalue weighted by Crippen LogP contribution is -2.42. The van der Waals surface area contributed by atoms with Gasteiger partial charge >= 0.3 is 11.6 Å². The van der Waals surface area contributed by atoms with Crippen LogP contribution in [-0.4, -0.2) is 23.0 Å². The summed E-state index contributed by atoms with van der Waals surface area (Å²) in [6.45, 7) is 11.8. The lowest BCUT2D eigenvalue weighted by molar-refractivity contribution is -0.142. The van der Waals surface area contributed by atoms with Crippen LogP contribution in [0.15, 0.2) is 32.0 Å². The number of carboxylic acids is 1. The summed E-state index contributed by atoms with van der Waals surface area (Å²) < 4.78 is 11.2. The van der Waals surface area contributed by atoms with Crippen molar-refractivity contribution in [3.8, 4) is 0 Å². The molecule has 0 bridgehead atoms. The average Bonchev–Trinajstić information content (AvgIpc) is 3.06. The molecule has 0 spiro atoms. The first kappa shape index (κ1) is 22.6. The minimum atomic E-state index is -1.10. The predicted octanol–water partition coefficient (Wildman–Crippen LogP) is 4.30. The van der Waals surface area contributed by atoms with E-state index in [1.165, 1.54) is 0 Å². The SMILES string of the molecule is Cc1c(CC(=O)NC(CC(C)C)C(=O)O)c(=O)oc2cc3occ(C(C)(C)C)c3cc12. The van der Waals surface area contributed by atoms with E-state index in [4.69, 9.17) is 8.83 Å². The van der Waals surface area contributed by atoms with Crippen molar-refractivity contribution in [2.24, 2.45) is 5.92 Å². The van der Waals surface area contributed by atoms with E-state index in [1.807, 2.05) is 19.9 Å². The van der Waals surface area contributed by atoms with Gasteiger partial charge in [-0.2, -0.15) is 0 Å². The Kier molecular flexibility index (Phi) is 5.98. The minimum Gasteiger partial charge on any atom is -0.480 e. The van der Waals surface area contributed by atoms with Crippen LogP contribution in [0, 0.1) is 12.8 Å². The molecule has 2 aromatic heterocycles. The Balaban J connectivity index is 2.01. The summed E-state index contributed by atoms with van der Waals surface area (Å²) >= 11 is 0. The van der Waals surface area contributed by atoms with Crippen LogP contribution >= 0.6 is 0 Å². The van der Waals surface area contributed by atoms with Crippen LogP contribution in [0.5, 0.6) is 0 Å². The molecule has 0 fully saturated rings. The van der Waals surface area contributed by atoms with Crippen molar-refractivity contribution in [3.63, 3.8) is 0 Å². The molecule has 2 heterocycles. The monoisotopic (exact) mass is 427 g/mol. The normalized spacial score (nSPS) is 13.1. The van der Waals surface area contributed by atoms with E-state index in [1.54, 1.807) is 19.3 Å². The van der Waals surface area contributed by atoms with Gasteiger partial charge in [-0.05, 0) is 36.3 Å². The Morgan fingerprint density at radius 3 is 2.39 bits per heavy atom. The van der Waals surface area contributed by atoms with E-state index in [2.05, 4.69) is 26.1 Å². The Hall–Kier alpha value is -3.09. The highest BCUT2D eigenvalue weighted by Crippen LogP contribution is 2.35. The maximum Gasteiger partial charge on any atom is 0.340 e. The number of nitrogens with one attached hydrogen (secondary N) is 1. The Bertz CT molecular complexity index is 1210. The fraction of sp³-hybridized carbons (Fsp3) is 0.458. The molecule has 7 nitrogen and oxygen atoms in total. The average molecular weight is 427 g/mol. The predicted molar refractivity (Wildman–Crippen MR) is 118 cm³/mol. The Morgan fingerprint density at radius 2 is 1.81 bits per heavy atom. The number of amides is 1. The van der Waals surface area contributed by atoms with Gasteiger partial charge in [0.15, 0.2) is 0 Å². The molecule has 0 saturated heterocycles. The van der Waals surface area contributed by atoms with Crippen LogP contribution in [0.4, 0.5) is 0 Å². The molecule has 166 valence electrons. The summed E-state index contributed by atoms with van der Waals surface area (Å²) in [6, 6.07) is 2.62. The fourth-order valence-electron chi connectivity index (χ4n) is 3.79. The number of furan rings is 1. The Morgan fingerprint density at radius 1 is 1.13 bits per heavy atom. The molecular weight excluding hydrogens is 398 g/mol. The van der Waals surface area contributed by atoms with Gasteiger partial charge in [0.2, 0.25) is 5.91 Å². The summed E-state index contributed by atoms with van der Waals surface area (Å²) in [6.07, 6.45) is 1.77. The molecule has 1 amide bonds. The molecule has 3 aromatic rings. The summed E-state index contributed by atoms with van der Waals surface area (Å²) in [5.74, 6) is -1.52. The first-order chi connectivity index (χ1) is 14.4. The first-order valence-corrected chi connectivity index (χ1v) is 10.4. The molecule has 3 rings (SSSR count). The van der Waals surface area contributed by atoms with Gasteiger partial charge in [-0.15, -0.1) is 0 Å². The lowest BCUT2D eigenvalue weighted by Gasteiger charge is -2.17. The number of hydrogen-bond donors (Lipinski definition) is 2. The quantitative estimate of drug-likeness (QED) is 0.568. The van der Waals surface area contributed by atoms with Gasteiger partial charge in [0, 0.05) is 22.4 Å². The molecule has 2 N–H and O–H groups in total. The van der Waals surface area contributed by atoms with Crippen molar-refractivity contribution in [2.75, 3.05) is 0 Å². The Labute approximate surface area is 180 Å². The highest BCUT2D eigenvalue weighted by molar-refractivity contribution is 5.97. The van der Waals surface area contributed by atoms with Crippen molar-refractivity contribution in [1.82, 2.24) is 5.32 Å². The van der Waals surface area contributed by atoms with Gasteiger partial charge in [0.05, 0.1) is 18.2 Å². The topological polar surface area (TPSA) is 110 Å². The third-order valence-electron chi connectivity index (χ3n) is 5.47. The molecule has 1 unspecified atom stereocenters. The highest BCUT2D eigenvalue weighted by atomic mass is 16.4. The van der Waals surface area contributed by atoms with E-state index in [-0.39, 0.29) is 23.3 Å². The van der Waals surface area contributed by atoms with Crippen LogP contribution < -0.4 is 10.9 Å². The zero-order chi connectivity index (χ0) is 23.1. The molecular formula is C24H29NO6. The number of benzene rings is 1. The van der Waals surface area contributed by atoms with Crippen molar-refractivity contribution >= 4 is 33.8 Å². The molecule has 0 aliphatic carbocycles. The largest absolute Gasteiger partial charge is 0.480 e. The second-order valence-corrected chi connectivity index (χ2v) is 9.50. The molecule has 0 saturated carbocycles. The maximum atomic E-state index is 12.6. The summed E-state index contributed by atoms with van der Waals surface area (Å²) in [4.78, 5) is 36.6. The van der Waals surface area contributed by atoms with E-state index >= 15 is 0 Å². The zero-order valence-electron chi connectivity index (χ0n) is 18.8. The lowest BCUT2D eigenvalue weighted by atomic mass is 9.86. The maximum absolute atomic E-state index is 12.6. The van der Waals surface area contributed by atoms with E-state index in [9.17, 15) is 19.5 Å². The third-order valence-corrected chi connectivity index (χ3v) is 5.47. The number of aryl methyl sites for hydroxylation is 1. The summed E-state index contributed by atoms with van der Waals surface area (Å²) in [5, 5.41) is 13.5. The molecule has 1 aromatic carbocycles. The van der Waals surface area contributed by atoms with Crippen molar-refractivity contribution in [1.29, 1.82) is 0 Å². The van der Waals surface area contributed by atoms with Crippen molar-refractivity contribution in [3.05, 3.63) is 45.5 Å². The highest BCUT2D eigenvalue weighted by Gasteiger charge is 2.24. The first-order valence-electron chi connectivity index (χ1n) is 10.4. The van der Waals surface area contributed by atoms with Crippen LogP contribution in [-0.2, 0) is 21.4 Å². The van der Waals surface area contributed by atoms with Gasteiger partial charge < -0.3 is 19.3 Å². The van der Waals surface area contributed by atoms with Crippen LogP contribution in [0.1, 0.15) is 57.7 Å². The van der Waals surface area contributed by atoms with Crippen LogP contribution in [0.3, 0.4) is 0 Å². The van der Waals surface area contributed by atoms with Gasteiger partial charge in [0.25, 0.3) is 0 Å². The number of rotatable bonds is 6. The second kappa shape index (κ2) is 8.21. The molecule has 1 atom stereocenters. The fourth-order valence-corrected chi connectivity index (χ4v) is 3.79. The molecule has 0 radical (unpaired) electrons. The van der Waals surface area contributed by atoms with Crippen molar-refractivity contribution in [2.45, 2.75) is 65.8 Å². The van der Waals surface area contributed by atoms with E-state index in [0.29, 0.717) is 23.2 Å². The van der Waals surface area contributed by atoms with Gasteiger partial charge in [-0.1, -0.05) is 34.6 Å². The molecule has 0 aliphatic heterocycles. The number of aliphatic carboxylic acids is 1. The molecule has 0 aliphatic rings. The molecule has 7 heteroatoms. The standard InChI is InChI=1S/C24H29NO6/c1-12(2)7-18(22(27)28)25-21(26)9-15-13(3)14-8-16-17(24(4,5)6)11-30-19(16)10-20(14)31-23(15)29/h8,10-12,18H,7,9H2,1-6H3,(H,25,26)(H,27,28). The number of fused-ring (bicyclic) bond motifs is 2. The zero-order valence-corrected chi connectivity index (χ0v) is 18.8. The van der Waals surface area contributed by atoms with Gasteiger partial charge in [-0.25, -0.2) is 9.59 Å². The number of carboxylic acid groups (broad SMARTS) is 1. The van der Waals surface area contributed by atoms with E-state index < -0.39 is 23.5 Å². The second-order valence-electron chi connectivity index (χ2n) is 9.50. The summed E-state index contributed by atoms with van der Waals surface area (Å²) in [7, 11) is 0. The number of carbonyl (C=O) groups is 2.